The van der Waals surface area contributed by atoms with Crippen LogP contribution in [0.15, 0.2) is 24.4 Å². The van der Waals surface area contributed by atoms with Gasteiger partial charge in [-0.05, 0) is 85.9 Å². The normalized spacial score (nSPS) is 14.3. The lowest BCUT2D eigenvalue weighted by atomic mass is 10.0. The number of hydrogen-bond acceptors (Lipinski definition) is 3. The summed E-state index contributed by atoms with van der Waals surface area (Å²) in [6.07, 6.45) is 4.10. The molecule has 0 saturated heterocycles. The summed E-state index contributed by atoms with van der Waals surface area (Å²) >= 11 is 2.22. The van der Waals surface area contributed by atoms with Gasteiger partial charge in [-0.2, -0.15) is 10.4 Å². The van der Waals surface area contributed by atoms with Gasteiger partial charge in [-0.25, -0.2) is 0 Å². The minimum atomic E-state index is -0.803. The predicted molar refractivity (Wildman–Crippen MR) is 101 cm³/mol. The first-order valence-electron chi connectivity index (χ1n) is 7.90. The molecule has 124 valence electrons. The summed E-state index contributed by atoms with van der Waals surface area (Å²) in [6.45, 7) is 5.63. The van der Waals surface area contributed by atoms with Crippen LogP contribution in [0.5, 0.6) is 0 Å². The van der Waals surface area contributed by atoms with Gasteiger partial charge in [-0.3, -0.25) is 9.48 Å². The lowest BCUT2D eigenvalue weighted by Gasteiger charge is -2.25. The number of halogens is 1. The van der Waals surface area contributed by atoms with Crippen LogP contribution in [0.4, 0.5) is 5.69 Å². The number of carbonyl (C=O) groups excluding carboxylic acids is 1. The van der Waals surface area contributed by atoms with Gasteiger partial charge in [0, 0.05) is 11.9 Å². The zero-order valence-corrected chi connectivity index (χ0v) is 16.1. The quantitative estimate of drug-likeness (QED) is 0.742. The number of nitrogens with one attached hydrogen (secondary N) is 1. The fraction of sp³-hybridized carbons (Fsp3) is 0.389. The molecule has 2 aromatic rings. The van der Waals surface area contributed by atoms with Crippen LogP contribution in [0.1, 0.15) is 49.4 Å². The van der Waals surface area contributed by atoms with Crippen molar-refractivity contribution in [2.45, 2.75) is 45.1 Å². The first kappa shape index (κ1) is 17.0. The molecule has 0 atom stereocenters. The molecule has 1 aromatic heterocycles. The van der Waals surface area contributed by atoms with Crippen LogP contribution in [0.3, 0.4) is 0 Å². The maximum Gasteiger partial charge on any atom is 0.251 e. The van der Waals surface area contributed by atoms with E-state index in [-0.39, 0.29) is 5.91 Å². The molecular formula is C18H19IN4O. The van der Waals surface area contributed by atoms with Crippen LogP contribution < -0.4 is 5.32 Å². The van der Waals surface area contributed by atoms with Gasteiger partial charge in [0.05, 0.1) is 20.9 Å². The molecule has 5 nitrogen and oxygen atoms in total. The molecule has 0 radical (unpaired) electrons. The lowest BCUT2D eigenvalue weighted by molar-refractivity contribution is -0.123. The largest absolute Gasteiger partial charge is 0.324 e. The molecule has 1 aromatic carbocycles. The Balaban J connectivity index is 1.88. The van der Waals surface area contributed by atoms with E-state index in [4.69, 9.17) is 5.26 Å². The number of nitrogens with zero attached hydrogens (tertiary/aromatic N) is 3. The van der Waals surface area contributed by atoms with Gasteiger partial charge in [0.1, 0.15) is 5.54 Å². The van der Waals surface area contributed by atoms with Gasteiger partial charge in [0.15, 0.2) is 0 Å². The smallest absolute Gasteiger partial charge is 0.251 e. The average molecular weight is 434 g/mol. The maximum atomic E-state index is 12.9. The van der Waals surface area contributed by atoms with Crippen molar-refractivity contribution in [1.82, 2.24) is 9.78 Å². The van der Waals surface area contributed by atoms with Crippen LogP contribution >= 0.6 is 22.6 Å². The standard InChI is InChI=1S/C18H19IN4O/c1-11-15(19)10-23(22-11)18(2,3)17(24)21-16-7-4-12(9-20)8-14(16)13-5-6-13/h4,7-8,10,13H,5-6H2,1-3H3,(H,21,24). The molecule has 0 bridgehead atoms. The van der Waals surface area contributed by atoms with Gasteiger partial charge >= 0.3 is 0 Å². The maximum absolute atomic E-state index is 12.9. The predicted octanol–water partition coefficient (Wildman–Crippen LogP) is 3.92. The zero-order valence-electron chi connectivity index (χ0n) is 13.9. The number of benzene rings is 1. The van der Waals surface area contributed by atoms with Crippen molar-refractivity contribution in [1.29, 1.82) is 5.26 Å². The second-order valence-corrected chi connectivity index (χ2v) is 7.87. The summed E-state index contributed by atoms with van der Waals surface area (Å²) in [7, 11) is 0. The summed E-state index contributed by atoms with van der Waals surface area (Å²) in [6, 6.07) is 7.64. The molecule has 1 aliphatic rings. The highest BCUT2D eigenvalue weighted by molar-refractivity contribution is 14.1. The SMILES string of the molecule is Cc1nn(C(C)(C)C(=O)Nc2ccc(C#N)cc2C2CC2)cc1I. The Labute approximate surface area is 155 Å². The van der Waals surface area contributed by atoms with Crippen molar-refractivity contribution in [3.63, 3.8) is 0 Å². The number of aromatic nitrogens is 2. The third-order valence-corrected chi connectivity index (χ3v) is 5.47. The van der Waals surface area contributed by atoms with Crippen LogP contribution in [0.25, 0.3) is 0 Å². The number of rotatable bonds is 4. The minimum absolute atomic E-state index is 0.118. The third-order valence-electron chi connectivity index (χ3n) is 4.41. The Morgan fingerprint density at radius 2 is 2.17 bits per heavy atom. The van der Waals surface area contributed by atoms with Crippen LogP contribution in [0.2, 0.25) is 0 Å². The molecule has 6 heteroatoms. The summed E-state index contributed by atoms with van der Waals surface area (Å²) in [5.74, 6) is 0.331. The highest BCUT2D eigenvalue weighted by atomic mass is 127. The van der Waals surface area contributed by atoms with Crippen molar-refractivity contribution in [2.75, 3.05) is 5.32 Å². The van der Waals surface area contributed by atoms with E-state index in [0.717, 1.165) is 33.4 Å². The lowest BCUT2D eigenvalue weighted by Crippen LogP contribution is -2.40. The third kappa shape index (κ3) is 3.18. The Morgan fingerprint density at radius 1 is 1.46 bits per heavy atom. The Hall–Kier alpha value is -1.88. The number of aryl methyl sites for hydroxylation is 1. The molecule has 24 heavy (non-hydrogen) atoms. The summed E-state index contributed by atoms with van der Waals surface area (Å²) in [4.78, 5) is 12.9. The summed E-state index contributed by atoms with van der Waals surface area (Å²) in [5.41, 5.74) is 2.60. The molecule has 3 rings (SSSR count). The first-order valence-corrected chi connectivity index (χ1v) is 8.98. The monoisotopic (exact) mass is 434 g/mol. The Morgan fingerprint density at radius 3 is 2.71 bits per heavy atom. The molecule has 0 aliphatic heterocycles. The number of amides is 1. The van der Waals surface area contributed by atoms with Crippen molar-refractivity contribution in [3.8, 4) is 6.07 Å². The fourth-order valence-electron chi connectivity index (χ4n) is 2.58. The highest BCUT2D eigenvalue weighted by Gasteiger charge is 2.33. The molecule has 1 saturated carbocycles. The Kier molecular flexibility index (Phi) is 4.38. The van der Waals surface area contributed by atoms with E-state index in [2.05, 4.69) is 39.1 Å². The molecule has 0 spiro atoms. The minimum Gasteiger partial charge on any atom is -0.324 e. The van der Waals surface area contributed by atoms with Crippen LogP contribution in [-0.2, 0) is 10.3 Å². The van der Waals surface area contributed by atoms with E-state index in [1.807, 2.05) is 39.1 Å². The van der Waals surface area contributed by atoms with Crippen molar-refractivity contribution >= 4 is 34.2 Å². The molecule has 1 amide bonds. The van der Waals surface area contributed by atoms with Crippen LogP contribution in [0, 0.1) is 21.8 Å². The molecule has 0 unspecified atom stereocenters. The molecule has 1 N–H and O–H groups in total. The zero-order chi connectivity index (χ0) is 17.5. The number of nitriles is 1. The van der Waals surface area contributed by atoms with E-state index < -0.39 is 5.54 Å². The van der Waals surface area contributed by atoms with E-state index in [1.54, 1.807) is 10.7 Å². The van der Waals surface area contributed by atoms with E-state index in [1.165, 1.54) is 0 Å². The van der Waals surface area contributed by atoms with Crippen LogP contribution in [-0.4, -0.2) is 15.7 Å². The Bertz CT molecular complexity index is 824. The number of carbonyl (C=O) groups is 1. The van der Waals surface area contributed by atoms with Gasteiger partial charge in [0.2, 0.25) is 0 Å². The topological polar surface area (TPSA) is 70.7 Å². The van der Waals surface area contributed by atoms with E-state index in [9.17, 15) is 4.79 Å². The van der Waals surface area contributed by atoms with Gasteiger partial charge in [-0.15, -0.1) is 0 Å². The molecular weight excluding hydrogens is 415 g/mol. The second-order valence-electron chi connectivity index (χ2n) is 6.71. The fourth-order valence-corrected chi connectivity index (χ4v) is 2.95. The molecule has 1 fully saturated rings. The molecule has 1 aliphatic carbocycles. The van der Waals surface area contributed by atoms with Crippen molar-refractivity contribution in [2.24, 2.45) is 0 Å². The van der Waals surface area contributed by atoms with E-state index >= 15 is 0 Å². The second kappa shape index (κ2) is 6.20. The first-order chi connectivity index (χ1) is 11.3. The van der Waals surface area contributed by atoms with Crippen molar-refractivity contribution in [3.05, 3.63) is 44.8 Å². The summed E-state index contributed by atoms with van der Waals surface area (Å²) < 4.78 is 2.74. The van der Waals surface area contributed by atoms with Gasteiger partial charge in [-0.1, -0.05) is 0 Å². The molecule has 1 heterocycles. The number of anilines is 1. The highest BCUT2D eigenvalue weighted by Crippen LogP contribution is 2.44. The van der Waals surface area contributed by atoms with Gasteiger partial charge in [0.25, 0.3) is 5.91 Å². The average Bonchev–Trinajstić information content (AvgIpc) is 3.33. The van der Waals surface area contributed by atoms with Gasteiger partial charge < -0.3 is 5.32 Å². The number of hydrogen-bond donors (Lipinski definition) is 1. The van der Waals surface area contributed by atoms with Crippen molar-refractivity contribution < 1.29 is 4.79 Å². The summed E-state index contributed by atoms with van der Waals surface area (Å²) in [5, 5.41) is 16.6. The van der Waals surface area contributed by atoms with E-state index in [0.29, 0.717) is 11.5 Å².